The van der Waals surface area contributed by atoms with Crippen LogP contribution < -0.4 is 15.1 Å². The van der Waals surface area contributed by atoms with Gasteiger partial charge in [0.1, 0.15) is 5.82 Å². The lowest BCUT2D eigenvalue weighted by Crippen LogP contribution is -2.46. The largest absolute Gasteiger partial charge is 0.368 e. The number of benzene rings is 2. The van der Waals surface area contributed by atoms with E-state index in [0.717, 1.165) is 59.8 Å². The molecule has 0 radical (unpaired) electrons. The van der Waals surface area contributed by atoms with Crippen molar-refractivity contribution in [2.24, 2.45) is 0 Å². The molecule has 1 aliphatic rings. The van der Waals surface area contributed by atoms with Crippen LogP contribution in [-0.2, 0) is 4.79 Å². The van der Waals surface area contributed by atoms with Crippen molar-refractivity contribution in [1.82, 2.24) is 15.0 Å². The summed E-state index contributed by atoms with van der Waals surface area (Å²) in [6, 6.07) is 18.1. The summed E-state index contributed by atoms with van der Waals surface area (Å²) < 4.78 is 0. The number of pyridine rings is 1. The fraction of sp³-hybridized carbons (Fsp3) is 0.231. The Morgan fingerprint density at radius 1 is 0.879 bits per heavy atom. The van der Waals surface area contributed by atoms with E-state index in [4.69, 9.17) is 4.98 Å². The van der Waals surface area contributed by atoms with Gasteiger partial charge in [0, 0.05) is 56.4 Å². The highest BCUT2D eigenvalue weighted by Gasteiger charge is 2.19. The van der Waals surface area contributed by atoms with Crippen LogP contribution in [0, 0.1) is 0 Å². The van der Waals surface area contributed by atoms with E-state index in [2.05, 4.69) is 49.4 Å². The Morgan fingerprint density at radius 2 is 1.58 bits per heavy atom. The van der Waals surface area contributed by atoms with Crippen LogP contribution in [0.5, 0.6) is 0 Å². The van der Waals surface area contributed by atoms with E-state index >= 15 is 0 Å². The number of nitrogens with one attached hydrogen (secondary N) is 1. The molecule has 4 aromatic rings. The zero-order chi connectivity index (χ0) is 22.6. The molecule has 0 aliphatic carbocycles. The molecule has 1 saturated heterocycles. The standard InChI is InChI=1S/C26H26N6O/c1-2-26(33)29-21-6-3-19(4-7-21)20-5-8-23-24(17-20)30-25(18-28-23)32-15-13-31(14-16-32)22-9-11-27-12-10-22/h3-12,17-18H,2,13-16H2,1H3,(H,29,33). The molecule has 2 aromatic heterocycles. The zero-order valence-electron chi connectivity index (χ0n) is 18.6. The van der Waals surface area contributed by atoms with Crippen molar-refractivity contribution in [3.8, 4) is 11.1 Å². The minimum Gasteiger partial charge on any atom is -0.368 e. The third-order valence-electron chi connectivity index (χ3n) is 5.98. The summed E-state index contributed by atoms with van der Waals surface area (Å²) in [5, 5.41) is 2.88. The van der Waals surface area contributed by atoms with Crippen LogP contribution in [0.2, 0.25) is 0 Å². The van der Waals surface area contributed by atoms with E-state index in [1.54, 1.807) is 0 Å². The maximum atomic E-state index is 11.6. The van der Waals surface area contributed by atoms with Crippen LogP contribution in [0.3, 0.4) is 0 Å². The summed E-state index contributed by atoms with van der Waals surface area (Å²) in [4.78, 5) is 30.0. The van der Waals surface area contributed by atoms with E-state index in [0.29, 0.717) is 6.42 Å². The molecule has 0 atom stereocenters. The predicted octanol–water partition coefficient (Wildman–Crippen LogP) is 4.37. The van der Waals surface area contributed by atoms with Gasteiger partial charge in [0.15, 0.2) is 0 Å². The lowest BCUT2D eigenvalue weighted by atomic mass is 10.0. The number of hydrogen-bond acceptors (Lipinski definition) is 6. The molecule has 3 heterocycles. The molecule has 0 bridgehead atoms. The summed E-state index contributed by atoms with van der Waals surface area (Å²) in [6.45, 7) is 5.50. The molecule has 0 spiro atoms. The van der Waals surface area contributed by atoms with Crippen molar-refractivity contribution in [3.63, 3.8) is 0 Å². The minimum atomic E-state index is 0.0119. The normalized spacial score (nSPS) is 13.8. The zero-order valence-corrected chi connectivity index (χ0v) is 18.6. The highest BCUT2D eigenvalue weighted by Crippen LogP contribution is 2.26. The number of aromatic nitrogens is 3. The number of carbonyl (C=O) groups is 1. The van der Waals surface area contributed by atoms with Gasteiger partial charge in [0.2, 0.25) is 5.91 Å². The Labute approximate surface area is 193 Å². The molecule has 0 unspecified atom stereocenters. The second kappa shape index (κ2) is 9.24. The molecule has 166 valence electrons. The summed E-state index contributed by atoms with van der Waals surface area (Å²) in [6.07, 6.45) is 6.01. The Balaban J connectivity index is 1.32. The molecule has 1 amide bonds. The first kappa shape index (κ1) is 20.9. The first-order valence-electron chi connectivity index (χ1n) is 11.3. The number of piperazine rings is 1. The highest BCUT2D eigenvalue weighted by molar-refractivity contribution is 5.91. The Kier molecular flexibility index (Phi) is 5.85. The number of rotatable bonds is 5. The van der Waals surface area contributed by atoms with Gasteiger partial charge in [-0.3, -0.25) is 14.8 Å². The van der Waals surface area contributed by atoms with Crippen molar-refractivity contribution in [3.05, 3.63) is 73.2 Å². The van der Waals surface area contributed by atoms with Crippen molar-refractivity contribution >= 4 is 34.1 Å². The number of fused-ring (bicyclic) bond motifs is 1. The Bertz CT molecular complexity index is 1250. The first-order chi connectivity index (χ1) is 16.2. The molecule has 1 N–H and O–H groups in total. The SMILES string of the molecule is CCC(=O)Nc1ccc(-c2ccc3ncc(N4CCN(c5ccncc5)CC4)nc3c2)cc1. The van der Waals surface area contributed by atoms with Crippen molar-refractivity contribution in [2.75, 3.05) is 41.3 Å². The fourth-order valence-electron chi connectivity index (χ4n) is 4.08. The Hall–Kier alpha value is -4.00. The molecule has 1 fully saturated rings. The third-order valence-corrected chi connectivity index (χ3v) is 5.98. The van der Waals surface area contributed by atoms with E-state index in [1.807, 2.05) is 55.8 Å². The van der Waals surface area contributed by atoms with Crippen LogP contribution in [0.4, 0.5) is 17.2 Å². The minimum absolute atomic E-state index is 0.0119. The summed E-state index contributed by atoms with van der Waals surface area (Å²) in [5.74, 6) is 0.921. The van der Waals surface area contributed by atoms with E-state index in [-0.39, 0.29) is 5.91 Å². The topological polar surface area (TPSA) is 74.2 Å². The van der Waals surface area contributed by atoms with Crippen LogP contribution in [-0.4, -0.2) is 47.0 Å². The van der Waals surface area contributed by atoms with Gasteiger partial charge in [-0.1, -0.05) is 25.1 Å². The summed E-state index contributed by atoms with van der Waals surface area (Å²) in [5.41, 5.74) is 5.92. The van der Waals surface area contributed by atoms with E-state index in [1.165, 1.54) is 5.69 Å². The molecule has 33 heavy (non-hydrogen) atoms. The summed E-state index contributed by atoms with van der Waals surface area (Å²) in [7, 11) is 0. The van der Waals surface area contributed by atoms with E-state index in [9.17, 15) is 4.79 Å². The lowest BCUT2D eigenvalue weighted by Gasteiger charge is -2.36. The van der Waals surface area contributed by atoms with Crippen molar-refractivity contribution in [1.29, 1.82) is 0 Å². The molecule has 7 heteroatoms. The van der Waals surface area contributed by atoms with Gasteiger partial charge in [-0.05, 0) is 47.5 Å². The quantitative estimate of drug-likeness (QED) is 0.499. The molecular weight excluding hydrogens is 412 g/mol. The van der Waals surface area contributed by atoms with Gasteiger partial charge in [-0.15, -0.1) is 0 Å². The van der Waals surface area contributed by atoms with Gasteiger partial charge >= 0.3 is 0 Å². The van der Waals surface area contributed by atoms with Gasteiger partial charge in [-0.2, -0.15) is 0 Å². The Morgan fingerprint density at radius 3 is 2.30 bits per heavy atom. The lowest BCUT2D eigenvalue weighted by molar-refractivity contribution is -0.115. The van der Waals surface area contributed by atoms with Crippen LogP contribution >= 0.6 is 0 Å². The monoisotopic (exact) mass is 438 g/mol. The van der Waals surface area contributed by atoms with Crippen LogP contribution in [0.15, 0.2) is 73.2 Å². The van der Waals surface area contributed by atoms with Crippen LogP contribution in [0.1, 0.15) is 13.3 Å². The van der Waals surface area contributed by atoms with Gasteiger partial charge in [0.05, 0.1) is 17.2 Å². The second-order valence-electron chi connectivity index (χ2n) is 8.09. The molecular formula is C26H26N6O. The number of anilines is 3. The molecule has 2 aromatic carbocycles. The molecule has 1 aliphatic heterocycles. The van der Waals surface area contributed by atoms with Crippen LogP contribution in [0.25, 0.3) is 22.2 Å². The third kappa shape index (κ3) is 4.62. The molecule has 7 nitrogen and oxygen atoms in total. The average molecular weight is 439 g/mol. The van der Waals surface area contributed by atoms with Gasteiger partial charge in [-0.25, -0.2) is 4.98 Å². The number of carbonyl (C=O) groups excluding carboxylic acids is 1. The highest BCUT2D eigenvalue weighted by atomic mass is 16.1. The van der Waals surface area contributed by atoms with Gasteiger partial charge < -0.3 is 15.1 Å². The first-order valence-corrected chi connectivity index (χ1v) is 11.3. The number of amides is 1. The van der Waals surface area contributed by atoms with Crippen molar-refractivity contribution in [2.45, 2.75) is 13.3 Å². The maximum absolute atomic E-state index is 11.6. The molecule has 0 saturated carbocycles. The average Bonchev–Trinajstić information content (AvgIpc) is 2.89. The van der Waals surface area contributed by atoms with E-state index < -0.39 is 0 Å². The number of nitrogens with zero attached hydrogens (tertiary/aromatic N) is 5. The van der Waals surface area contributed by atoms with Crippen molar-refractivity contribution < 1.29 is 4.79 Å². The summed E-state index contributed by atoms with van der Waals surface area (Å²) >= 11 is 0. The maximum Gasteiger partial charge on any atom is 0.224 e. The fourth-order valence-corrected chi connectivity index (χ4v) is 4.08. The molecule has 5 rings (SSSR count). The second-order valence-corrected chi connectivity index (χ2v) is 8.09. The van der Waals surface area contributed by atoms with Gasteiger partial charge in [0.25, 0.3) is 0 Å². The predicted molar refractivity (Wildman–Crippen MR) is 133 cm³/mol. The number of hydrogen-bond donors (Lipinski definition) is 1. The smallest absolute Gasteiger partial charge is 0.224 e.